The van der Waals surface area contributed by atoms with Crippen molar-refractivity contribution in [2.75, 3.05) is 6.61 Å². The molecule has 0 bridgehead atoms. The number of hydrogen-bond donors (Lipinski definition) is 0. The van der Waals surface area contributed by atoms with E-state index in [1.807, 2.05) is 54.6 Å². The maximum Gasteiger partial charge on any atom is 0.333 e. The molecule has 162 valence electrons. The smallest absolute Gasteiger partial charge is 0.333 e. The molecule has 0 aliphatic carbocycles. The molecule has 5 rings (SSSR count). The highest BCUT2D eigenvalue weighted by molar-refractivity contribution is 5.98. The first-order valence-electron chi connectivity index (χ1n) is 10.9. The van der Waals surface area contributed by atoms with Crippen LogP contribution in [0.25, 0.3) is 16.3 Å². The Morgan fingerprint density at radius 2 is 1.45 bits per heavy atom. The van der Waals surface area contributed by atoms with Gasteiger partial charge in [0, 0.05) is 27.8 Å². The highest BCUT2D eigenvalue weighted by Crippen LogP contribution is 2.47. The molecule has 0 unspecified atom stereocenters. The van der Waals surface area contributed by atoms with E-state index in [-0.39, 0.29) is 6.61 Å². The van der Waals surface area contributed by atoms with E-state index in [1.165, 1.54) is 0 Å². The van der Waals surface area contributed by atoms with Gasteiger partial charge in [-0.05, 0) is 29.8 Å². The Morgan fingerprint density at radius 1 is 0.848 bits per heavy atom. The summed E-state index contributed by atoms with van der Waals surface area (Å²) in [5.41, 5.74) is 3.36. The molecular weight excluding hydrogens is 408 g/mol. The van der Waals surface area contributed by atoms with Crippen LogP contribution in [-0.4, -0.2) is 12.6 Å². The lowest BCUT2D eigenvalue weighted by molar-refractivity contribution is -0.137. The summed E-state index contributed by atoms with van der Waals surface area (Å²) in [6.45, 7) is 5.50. The van der Waals surface area contributed by atoms with Crippen molar-refractivity contribution in [2.24, 2.45) is 0 Å². The van der Waals surface area contributed by atoms with E-state index in [1.54, 1.807) is 6.92 Å². The zero-order valence-corrected chi connectivity index (χ0v) is 18.5. The second-order valence-corrected chi connectivity index (χ2v) is 8.26. The van der Waals surface area contributed by atoms with Gasteiger partial charge in [0.1, 0.15) is 12.4 Å². The number of carbonyl (C=O) groups is 1. The maximum absolute atomic E-state index is 12.3. The SMILES string of the molecule is C=C(C)C(=O)OCC1=CC(c2ccccc2)(c2ccccc2)Oc2ccc3ccccc3c21. The van der Waals surface area contributed by atoms with E-state index in [4.69, 9.17) is 9.47 Å². The molecule has 3 heteroatoms. The van der Waals surface area contributed by atoms with Gasteiger partial charge in [0.05, 0.1) is 0 Å². The van der Waals surface area contributed by atoms with Crippen LogP contribution in [0.5, 0.6) is 5.75 Å². The molecule has 4 aromatic carbocycles. The molecule has 0 atom stereocenters. The molecule has 0 saturated carbocycles. The molecule has 1 heterocycles. The van der Waals surface area contributed by atoms with Crippen LogP contribution in [-0.2, 0) is 15.1 Å². The standard InChI is InChI=1S/C30H24O3/c1-21(2)29(31)32-20-23-19-30(24-12-5-3-6-13-24,25-14-7-4-8-15-25)33-27-18-17-22-11-9-10-16-26(22)28(23)27/h3-19H,1,20H2,2H3. The summed E-state index contributed by atoms with van der Waals surface area (Å²) in [6.07, 6.45) is 2.10. The molecule has 0 saturated heterocycles. The third-order valence-corrected chi connectivity index (χ3v) is 5.97. The minimum Gasteiger partial charge on any atom is -0.473 e. The number of esters is 1. The summed E-state index contributed by atoms with van der Waals surface area (Å²) in [5.74, 6) is 0.347. The number of carbonyl (C=O) groups excluding carboxylic acids is 1. The zero-order chi connectivity index (χ0) is 22.8. The second-order valence-electron chi connectivity index (χ2n) is 8.26. The summed E-state index contributed by atoms with van der Waals surface area (Å²) in [6, 6.07) is 32.5. The van der Waals surface area contributed by atoms with E-state index in [0.29, 0.717) is 5.57 Å². The monoisotopic (exact) mass is 432 g/mol. The summed E-state index contributed by atoms with van der Waals surface area (Å²) in [7, 11) is 0. The Morgan fingerprint density at radius 3 is 2.09 bits per heavy atom. The maximum atomic E-state index is 12.3. The highest BCUT2D eigenvalue weighted by atomic mass is 16.5. The lowest BCUT2D eigenvalue weighted by Crippen LogP contribution is -2.35. The van der Waals surface area contributed by atoms with Crippen LogP contribution in [0.3, 0.4) is 0 Å². The summed E-state index contributed by atoms with van der Waals surface area (Å²) >= 11 is 0. The average Bonchev–Trinajstić information content (AvgIpc) is 2.87. The van der Waals surface area contributed by atoms with Gasteiger partial charge in [-0.1, -0.05) is 97.6 Å². The molecule has 1 aliphatic rings. The van der Waals surface area contributed by atoms with Crippen LogP contribution in [0.4, 0.5) is 0 Å². The molecule has 0 radical (unpaired) electrons. The van der Waals surface area contributed by atoms with Crippen molar-refractivity contribution < 1.29 is 14.3 Å². The largest absolute Gasteiger partial charge is 0.473 e. The fourth-order valence-electron chi connectivity index (χ4n) is 4.39. The molecule has 0 spiro atoms. The van der Waals surface area contributed by atoms with Gasteiger partial charge >= 0.3 is 5.97 Å². The quantitative estimate of drug-likeness (QED) is 0.261. The molecule has 0 N–H and O–H groups in total. The molecule has 0 fully saturated rings. The van der Waals surface area contributed by atoms with E-state index in [9.17, 15) is 4.79 Å². The Bertz CT molecular complexity index is 1330. The lowest BCUT2D eigenvalue weighted by atomic mass is 9.80. The van der Waals surface area contributed by atoms with E-state index >= 15 is 0 Å². The van der Waals surface area contributed by atoms with Crippen molar-refractivity contribution in [3.63, 3.8) is 0 Å². The summed E-state index contributed by atoms with van der Waals surface area (Å²) in [4.78, 5) is 12.3. The third-order valence-electron chi connectivity index (χ3n) is 5.97. The normalized spacial score (nSPS) is 14.0. The van der Waals surface area contributed by atoms with Crippen LogP contribution < -0.4 is 4.74 Å². The predicted octanol–water partition coefficient (Wildman–Crippen LogP) is 6.68. The predicted molar refractivity (Wildman–Crippen MR) is 132 cm³/mol. The summed E-state index contributed by atoms with van der Waals surface area (Å²) < 4.78 is 12.5. The zero-order valence-electron chi connectivity index (χ0n) is 18.5. The third kappa shape index (κ3) is 3.72. The van der Waals surface area contributed by atoms with Crippen molar-refractivity contribution >= 4 is 22.3 Å². The topological polar surface area (TPSA) is 35.5 Å². The Kier molecular flexibility index (Phi) is 5.31. The van der Waals surface area contributed by atoms with Gasteiger partial charge in [-0.15, -0.1) is 0 Å². The van der Waals surface area contributed by atoms with Crippen LogP contribution in [0.1, 0.15) is 23.6 Å². The minimum absolute atomic E-state index is 0.122. The number of rotatable bonds is 5. The number of ether oxygens (including phenoxy) is 2. The number of hydrogen-bond acceptors (Lipinski definition) is 3. The molecule has 1 aliphatic heterocycles. The molecular formula is C30H24O3. The first-order valence-corrected chi connectivity index (χ1v) is 10.9. The minimum atomic E-state index is -0.858. The van der Waals surface area contributed by atoms with Crippen LogP contribution in [0.15, 0.2) is 115 Å². The van der Waals surface area contributed by atoms with Crippen molar-refractivity contribution in [3.05, 3.63) is 132 Å². The Balaban J connectivity index is 1.76. The first-order chi connectivity index (χ1) is 16.1. The molecule has 3 nitrogen and oxygen atoms in total. The van der Waals surface area contributed by atoms with Crippen molar-refractivity contribution in [3.8, 4) is 5.75 Å². The van der Waals surface area contributed by atoms with Crippen molar-refractivity contribution in [1.29, 1.82) is 0 Å². The van der Waals surface area contributed by atoms with Crippen LogP contribution in [0.2, 0.25) is 0 Å². The number of fused-ring (bicyclic) bond motifs is 3. The van der Waals surface area contributed by atoms with Gasteiger partial charge in [0.2, 0.25) is 0 Å². The molecule has 33 heavy (non-hydrogen) atoms. The molecule has 4 aromatic rings. The average molecular weight is 433 g/mol. The molecule has 0 aromatic heterocycles. The fraction of sp³-hybridized carbons (Fsp3) is 0.100. The Hall–Kier alpha value is -4.11. The van der Waals surface area contributed by atoms with Gasteiger partial charge < -0.3 is 9.47 Å². The van der Waals surface area contributed by atoms with Crippen LogP contribution >= 0.6 is 0 Å². The van der Waals surface area contributed by atoms with Crippen molar-refractivity contribution in [1.82, 2.24) is 0 Å². The van der Waals surface area contributed by atoms with Crippen LogP contribution in [0, 0.1) is 0 Å². The van der Waals surface area contributed by atoms with Gasteiger partial charge in [-0.3, -0.25) is 0 Å². The van der Waals surface area contributed by atoms with Crippen molar-refractivity contribution in [2.45, 2.75) is 12.5 Å². The van der Waals surface area contributed by atoms with E-state index in [0.717, 1.165) is 38.8 Å². The molecule has 0 amide bonds. The first kappa shape index (κ1) is 20.8. The van der Waals surface area contributed by atoms with Gasteiger partial charge in [-0.25, -0.2) is 4.79 Å². The van der Waals surface area contributed by atoms with Gasteiger partial charge in [-0.2, -0.15) is 0 Å². The van der Waals surface area contributed by atoms with Gasteiger partial charge in [0.25, 0.3) is 0 Å². The van der Waals surface area contributed by atoms with Gasteiger partial charge in [0.15, 0.2) is 5.60 Å². The lowest BCUT2D eigenvalue weighted by Gasteiger charge is -2.38. The Labute approximate surface area is 193 Å². The summed E-state index contributed by atoms with van der Waals surface area (Å²) in [5, 5.41) is 2.16. The second kappa shape index (κ2) is 8.44. The highest BCUT2D eigenvalue weighted by Gasteiger charge is 2.39. The van der Waals surface area contributed by atoms with E-state index in [2.05, 4.69) is 55.1 Å². The van der Waals surface area contributed by atoms with E-state index < -0.39 is 11.6 Å². The number of benzene rings is 4. The fourth-order valence-corrected chi connectivity index (χ4v) is 4.39.